The Morgan fingerprint density at radius 3 is 2.84 bits per heavy atom. The zero-order valence-corrected chi connectivity index (χ0v) is 10.5. The highest BCUT2D eigenvalue weighted by atomic mass is 16.5. The van der Waals surface area contributed by atoms with Crippen LogP contribution in [0.2, 0.25) is 0 Å². The molecular weight excluding hydrogens is 250 g/mol. The molecule has 0 bridgehead atoms. The summed E-state index contributed by atoms with van der Waals surface area (Å²) in [5, 5.41) is 18.6. The number of carbonyl (C=O) groups is 2. The highest BCUT2D eigenvalue weighted by molar-refractivity contribution is 5.83. The first kappa shape index (κ1) is 13.2. The van der Waals surface area contributed by atoms with Crippen molar-refractivity contribution in [2.75, 3.05) is 13.2 Å². The fraction of sp³-hybridized carbons (Fsp3) is 0.385. The van der Waals surface area contributed by atoms with Crippen molar-refractivity contribution in [2.24, 2.45) is 0 Å². The Hall–Kier alpha value is -2.24. The molecule has 0 aliphatic carbocycles. The maximum Gasteiger partial charge on any atom is 0.408 e. The summed E-state index contributed by atoms with van der Waals surface area (Å²) in [5.74, 6) is -0.485. The second kappa shape index (κ2) is 5.17. The largest absolute Gasteiger partial charge is 0.508 e. The third-order valence-electron chi connectivity index (χ3n) is 3.11. The summed E-state index contributed by atoms with van der Waals surface area (Å²) in [6.45, 7) is 2.06. The Bertz CT molecular complexity index is 514. The highest BCUT2D eigenvalue weighted by Gasteiger charge is 2.37. The van der Waals surface area contributed by atoms with Crippen LogP contribution in [0.5, 0.6) is 5.75 Å². The van der Waals surface area contributed by atoms with Crippen LogP contribution >= 0.6 is 0 Å². The van der Waals surface area contributed by atoms with E-state index in [0.29, 0.717) is 12.0 Å². The van der Waals surface area contributed by atoms with Crippen LogP contribution in [0.4, 0.5) is 4.79 Å². The van der Waals surface area contributed by atoms with Gasteiger partial charge in [0, 0.05) is 6.54 Å². The van der Waals surface area contributed by atoms with Crippen LogP contribution < -0.4 is 0 Å². The van der Waals surface area contributed by atoms with Gasteiger partial charge in [-0.25, -0.2) is 9.59 Å². The van der Waals surface area contributed by atoms with Gasteiger partial charge in [0.1, 0.15) is 5.75 Å². The normalized spacial score (nSPS) is 17.7. The fourth-order valence-electron chi connectivity index (χ4n) is 2.29. The molecule has 1 unspecified atom stereocenters. The number of benzene rings is 1. The number of carboxylic acid groups (broad SMARTS) is 1. The Balaban J connectivity index is 2.43. The van der Waals surface area contributed by atoms with E-state index in [9.17, 15) is 19.8 Å². The molecule has 2 N–H and O–H groups in total. The number of nitrogens with zero attached hydrogens (tertiary/aromatic N) is 1. The molecule has 1 aliphatic heterocycles. The number of fused-ring (bicyclic) bond motifs is 1. The van der Waals surface area contributed by atoms with Crippen molar-refractivity contribution >= 4 is 12.1 Å². The molecule has 1 amide bonds. The number of hydrogen-bond donors (Lipinski definition) is 2. The minimum absolute atomic E-state index is 0.102. The quantitative estimate of drug-likeness (QED) is 0.792. The number of hydrogen-bond acceptors (Lipinski definition) is 4. The van der Waals surface area contributed by atoms with Crippen molar-refractivity contribution in [3.05, 3.63) is 29.3 Å². The maximum atomic E-state index is 12.0. The second-order valence-corrected chi connectivity index (χ2v) is 4.26. The molecule has 0 radical (unpaired) electrons. The molecule has 102 valence electrons. The smallest absolute Gasteiger partial charge is 0.408 e. The summed E-state index contributed by atoms with van der Waals surface area (Å²) in [6.07, 6.45) is -0.692. The van der Waals surface area contributed by atoms with Crippen LogP contribution in [0.15, 0.2) is 18.2 Å². The lowest BCUT2D eigenvalue weighted by Crippen LogP contribution is -2.43. The van der Waals surface area contributed by atoms with Crippen molar-refractivity contribution in [1.29, 1.82) is 0 Å². The first-order chi connectivity index (χ1) is 9.04. The summed E-state index contributed by atoms with van der Waals surface area (Å²) in [6, 6.07) is 3.61. The number of ether oxygens (including phenoxy) is 1. The number of esters is 1. The molecule has 1 atom stereocenters. The van der Waals surface area contributed by atoms with Gasteiger partial charge in [0.25, 0.3) is 0 Å². The van der Waals surface area contributed by atoms with Gasteiger partial charge in [-0.3, -0.25) is 4.90 Å². The lowest BCUT2D eigenvalue weighted by atomic mass is 9.92. The number of phenolic OH excluding ortho intramolecular Hbond substituents is 1. The Kier molecular flexibility index (Phi) is 3.59. The van der Waals surface area contributed by atoms with Crippen LogP contribution in [0, 0.1) is 0 Å². The predicted octanol–water partition coefficient (Wildman–Crippen LogP) is 1.53. The van der Waals surface area contributed by atoms with Gasteiger partial charge in [-0.05, 0) is 36.6 Å². The van der Waals surface area contributed by atoms with E-state index in [2.05, 4.69) is 0 Å². The van der Waals surface area contributed by atoms with E-state index in [1.54, 1.807) is 19.1 Å². The van der Waals surface area contributed by atoms with Gasteiger partial charge in [0.2, 0.25) is 0 Å². The Morgan fingerprint density at radius 1 is 1.47 bits per heavy atom. The molecule has 19 heavy (non-hydrogen) atoms. The van der Waals surface area contributed by atoms with E-state index in [0.717, 1.165) is 10.5 Å². The summed E-state index contributed by atoms with van der Waals surface area (Å²) in [5.41, 5.74) is 1.35. The number of aromatic hydroxyl groups is 1. The molecule has 2 rings (SSSR count). The summed E-state index contributed by atoms with van der Waals surface area (Å²) < 4.78 is 4.94. The first-order valence-corrected chi connectivity index (χ1v) is 6.02. The van der Waals surface area contributed by atoms with Crippen molar-refractivity contribution in [3.8, 4) is 5.75 Å². The molecule has 1 heterocycles. The maximum absolute atomic E-state index is 12.0. The molecule has 1 aromatic carbocycles. The van der Waals surface area contributed by atoms with E-state index in [4.69, 9.17) is 4.74 Å². The van der Waals surface area contributed by atoms with Crippen LogP contribution in [0.3, 0.4) is 0 Å². The molecule has 6 nitrogen and oxygen atoms in total. The van der Waals surface area contributed by atoms with Gasteiger partial charge in [-0.1, -0.05) is 6.07 Å². The minimum Gasteiger partial charge on any atom is -0.508 e. The van der Waals surface area contributed by atoms with Crippen molar-refractivity contribution < 1.29 is 24.5 Å². The van der Waals surface area contributed by atoms with E-state index >= 15 is 0 Å². The topological polar surface area (TPSA) is 87.1 Å². The number of phenols is 1. The van der Waals surface area contributed by atoms with Gasteiger partial charge in [0.05, 0.1) is 6.61 Å². The average Bonchev–Trinajstić information content (AvgIpc) is 2.37. The lowest BCUT2D eigenvalue weighted by Gasteiger charge is -2.33. The van der Waals surface area contributed by atoms with Crippen molar-refractivity contribution in [2.45, 2.75) is 19.4 Å². The second-order valence-electron chi connectivity index (χ2n) is 4.26. The third-order valence-corrected chi connectivity index (χ3v) is 3.11. The van der Waals surface area contributed by atoms with Crippen LogP contribution in [-0.4, -0.2) is 40.3 Å². The molecular formula is C13H15NO5. The molecule has 6 heteroatoms. The molecule has 0 saturated heterocycles. The van der Waals surface area contributed by atoms with Crippen LogP contribution in [0.25, 0.3) is 0 Å². The van der Waals surface area contributed by atoms with Gasteiger partial charge >= 0.3 is 12.1 Å². The first-order valence-electron chi connectivity index (χ1n) is 6.02. The third kappa shape index (κ3) is 2.47. The average molecular weight is 265 g/mol. The zero-order valence-electron chi connectivity index (χ0n) is 10.5. The van der Waals surface area contributed by atoms with E-state index in [1.807, 2.05) is 0 Å². The summed E-state index contributed by atoms with van der Waals surface area (Å²) in [4.78, 5) is 24.3. The predicted molar refractivity (Wildman–Crippen MR) is 65.9 cm³/mol. The van der Waals surface area contributed by atoms with Crippen LogP contribution in [0.1, 0.15) is 24.1 Å². The zero-order chi connectivity index (χ0) is 14.0. The molecule has 0 aromatic heterocycles. The Morgan fingerprint density at radius 2 is 2.21 bits per heavy atom. The van der Waals surface area contributed by atoms with E-state index < -0.39 is 18.1 Å². The number of rotatable bonds is 2. The standard InChI is InChI=1S/C13H15NO5/c1-2-19-12(16)11-10-4-3-9(15)7-8(10)5-6-14(11)13(17)18/h3-4,7,11,15H,2,5-6H2,1H3,(H,17,18). The van der Waals surface area contributed by atoms with E-state index in [-0.39, 0.29) is 18.9 Å². The summed E-state index contributed by atoms with van der Waals surface area (Å²) >= 11 is 0. The number of amides is 1. The fourth-order valence-corrected chi connectivity index (χ4v) is 2.29. The molecule has 0 spiro atoms. The SMILES string of the molecule is CCOC(=O)C1c2ccc(O)cc2CCN1C(=O)O. The Labute approximate surface area is 110 Å². The van der Waals surface area contributed by atoms with Gasteiger partial charge < -0.3 is 14.9 Å². The van der Waals surface area contributed by atoms with E-state index in [1.165, 1.54) is 6.07 Å². The molecule has 0 saturated carbocycles. The number of carbonyl (C=O) groups excluding carboxylic acids is 1. The monoisotopic (exact) mass is 265 g/mol. The van der Waals surface area contributed by atoms with Crippen molar-refractivity contribution in [3.63, 3.8) is 0 Å². The van der Waals surface area contributed by atoms with Crippen LogP contribution in [-0.2, 0) is 16.0 Å². The molecule has 1 aromatic rings. The summed E-state index contributed by atoms with van der Waals surface area (Å²) in [7, 11) is 0. The van der Waals surface area contributed by atoms with Gasteiger partial charge in [-0.15, -0.1) is 0 Å². The molecule has 1 aliphatic rings. The van der Waals surface area contributed by atoms with Crippen molar-refractivity contribution in [1.82, 2.24) is 4.90 Å². The highest BCUT2D eigenvalue weighted by Crippen LogP contribution is 2.32. The lowest BCUT2D eigenvalue weighted by molar-refractivity contribution is -0.149. The van der Waals surface area contributed by atoms with Gasteiger partial charge in [0.15, 0.2) is 6.04 Å². The minimum atomic E-state index is -1.16. The molecule has 0 fully saturated rings. The van der Waals surface area contributed by atoms with Gasteiger partial charge in [-0.2, -0.15) is 0 Å².